The van der Waals surface area contributed by atoms with Crippen LogP contribution in [0.1, 0.15) is 16.7 Å². The smallest absolute Gasteiger partial charge is 0.235 e. The van der Waals surface area contributed by atoms with E-state index in [-0.39, 0.29) is 21.8 Å². The Morgan fingerprint density at radius 3 is 1.55 bits per heavy atom. The number of phenolic OH excluding ortho intramolecular Hbond substituents is 13. The number of thiophene rings is 1. The van der Waals surface area contributed by atoms with Gasteiger partial charge in [-0.2, -0.15) is 0 Å². The van der Waals surface area contributed by atoms with E-state index in [0.717, 1.165) is 11.1 Å². The predicted octanol–water partition coefficient (Wildman–Crippen LogP) is 8.01. The second-order valence-electron chi connectivity index (χ2n) is 14.4. The summed E-state index contributed by atoms with van der Waals surface area (Å²) in [5.74, 6) is -17.4. The molecule has 13 N–H and O–H groups in total. The minimum atomic E-state index is -1.32. The van der Waals surface area contributed by atoms with E-state index in [1.165, 1.54) is 0 Å². The Morgan fingerprint density at radius 2 is 0.938 bits per heavy atom. The first-order valence-electron chi connectivity index (χ1n) is 18.9. The van der Waals surface area contributed by atoms with E-state index in [0.29, 0.717) is 22.5 Å². The zero-order chi connectivity index (χ0) is 46.2. The molecule has 18 nitrogen and oxygen atoms in total. The number of rotatable bonds is 6. The number of nitrogens with zero attached hydrogens (tertiary/aromatic N) is 3. The van der Waals surface area contributed by atoms with Gasteiger partial charge in [-0.25, -0.2) is 9.98 Å². The molecule has 326 valence electrons. The van der Waals surface area contributed by atoms with Gasteiger partial charge in [0.2, 0.25) is 34.5 Å². The standard InChI is InChI=1S/C46H31N3O15S/c1-47-45(20-14-12-19(13-15-20)18-10-6-3-7-11-18)49-46(48-16-17-8-4-2-5-9-17)27-34(56)29(51)22(30(52)35(27)57)21-28(50)23-26-42(64-63-41(23)38(60)31(21)53)39(61)33(55)24-25-32(54)36(58)37(59)40(62)44(25)65-43(24)26/h2-15,50-62H,1,16H2. The van der Waals surface area contributed by atoms with Crippen LogP contribution < -0.4 is 9.78 Å². The van der Waals surface area contributed by atoms with Crippen LogP contribution in [0, 0.1) is 0 Å². The molecule has 0 bridgehead atoms. The Balaban J connectivity index is 1.26. The molecule has 0 fully saturated rings. The summed E-state index contributed by atoms with van der Waals surface area (Å²) in [6, 6.07) is 25.2. The molecule has 0 saturated carbocycles. The van der Waals surface area contributed by atoms with Crippen LogP contribution in [-0.2, 0) is 6.54 Å². The molecule has 0 unspecified atom stereocenters. The molecule has 9 rings (SSSR count). The van der Waals surface area contributed by atoms with Crippen molar-refractivity contribution in [3.63, 3.8) is 0 Å². The fraction of sp³-hybridized carbons (Fsp3) is 0.0217. The summed E-state index contributed by atoms with van der Waals surface area (Å²) < 4.78 is -0.636. The number of fused-ring (bicyclic) bond motifs is 7. The van der Waals surface area contributed by atoms with E-state index >= 15 is 0 Å². The minimum Gasteiger partial charge on any atom is -0.506 e. The summed E-state index contributed by atoms with van der Waals surface area (Å²) in [7, 11) is 0. The fourth-order valence-electron chi connectivity index (χ4n) is 7.55. The molecule has 0 aliphatic carbocycles. The molecule has 1 aromatic heterocycles. The molecule has 0 saturated heterocycles. The average molecular weight is 898 g/mol. The summed E-state index contributed by atoms with van der Waals surface area (Å²) in [6.07, 6.45) is 0. The normalized spacial score (nSPS) is 12.4. The Morgan fingerprint density at radius 1 is 0.446 bits per heavy atom. The highest BCUT2D eigenvalue weighted by atomic mass is 32.1. The van der Waals surface area contributed by atoms with Crippen LogP contribution >= 0.6 is 11.3 Å². The molecule has 19 heteroatoms. The SMILES string of the molecule is C=NC(=NC(=NCc1ccccc1)c1c(O)c(O)c(-c2c(O)c(O)c3c(c2O)-c2c(c(O)c(O)c4c2sc2c(O)c(O)c(O)c(O)c24)OO3)c(O)c1O)c1ccc(-c2ccccc2)cc1. The quantitative estimate of drug-likeness (QED) is 0.0247. The number of benzene rings is 7. The lowest BCUT2D eigenvalue weighted by Gasteiger charge is -2.25. The Hall–Kier alpha value is -9.23. The van der Waals surface area contributed by atoms with Crippen LogP contribution in [0.4, 0.5) is 0 Å². The third-order valence-corrected chi connectivity index (χ3v) is 11.9. The topological polar surface area (TPSA) is 319 Å². The maximum atomic E-state index is 12.0. The zero-order valence-corrected chi connectivity index (χ0v) is 33.7. The fourth-order valence-corrected chi connectivity index (χ4v) is 8.85. The Labute approximate surface area is 367 Å². The van der Waals surface area contributed by atoms with E-state index in [2.05, 4.69) is 21.7 Å². The number of amidine groups is 2. The second-order valence-corrected chi connectivity index (χ2v) is 15.4. The van der Waals surface area contributed by atoms with Gasteiger partial charge in [-0.15, -0.1) is 11.3 Å². The highest BCUT2D eigenvalue weighted by Gasteiger charge is 2.41. The number of aromatic hydroxyl groups is 13. The molecule has 0 amide bonds. The first-order valence-corrected chi connectivity index (χ1v) is 19.7. The lowest BCUT2D eigenvalue weighted by Crippen LogP contribution is -2.10. The third-order valence-electron chi connectivity index (χ3n) is 10.7. The molecule has 7 aromatic carbocycles. The monoisotopic (exact) mass is 897 g/mol. The van der Waals surface area contributed by atoms with Gasteiger partial charge >= 0.3 is 0 Å². The number of aliphatic imine (C=N–C) groups is 3. The van der Waals surface area contributed by atoms with Crippen LogP contribution in [0.25, 0.3) is 53.6 Å². The van der Waals surface area contributed by atoms with Gasteiger partial charge in [-0.1, -0.05) is 84.9 Å². The zero-order valence-electron chi connectivity index (χ0n) is 32.9. The van der Waals surface area contributed by atoms with Crippen molar-refractivity contribution in [2.75, 3.05) is 0 Å². The summed E-state index contributed by atoms with van der Waals surface area (Å²) in [5.41, 5.74) is -1.19. The van der Waals surface area contributed by atoms with Gasteiger partial charge in [0.15, 0.2) is 57.7 Å². The van der Waals surface area contributed by atoms with Crippen LogP contribution in [0.2, 0.25) is 0 Å². The van der Waals surface area contributed by atoms with Crippen LogP contribution in [-0.4, -0.2) is 84.8 Å². The predicted molar refractivity (Wildman–Crippen MR) is 238 cm³/mol. The molecular weight excluding hydrogens is 867 g/mol. The first-order chi connectivity index (χ1) is 31.2. The van der Waals surface area contributed by atoms with Crippen LogP contribution in [0.3, 0.4) is 0 Å². The van der Waals surface area contributed by atoms with Gasteiger partial charge in [-0.3, -0.25) is 14.8 Å². The van der Waals surface area contributed by atoms with E-state index in [1.807, 2.05) is 30.3 Å². The summed E-state index contributed by atoms with van der Waals surface area (Å²) in [6.45, 7) is 3.50. The number of hydrogen-bond acceptors (Lipinski definition) is 17. The van der Waals surface area contributed by atoms with Crippen LogP contribution in [0.15, 0.2) is 99.9 Å². The largest absolute Gasteiger partial charge is 0.506 e. The average Bonchev–Trinajstić information content (AvgIpc) is 3.74. The van der Waals surface area contributed by atoms with Gasteiger partial charge in [0.25, 0.3) is 0 Å². The van der Waals surface area contributed by atoms with Crippen LogP contribution in [0.5, 0.6) is 86.2 Å². The van der Waals surface area contributed by atoms with Crippen molar-refractivity contribution in [3.8, 4) is 120 Å². The summed E-state index contributed by atoms with van der Waals surface area (Å²) >= 11 is 0.511. The highest BCUT2D eigenvalue weighted by molar-refractivity contribution is 7.27. The summed E-state index contributed by atoms with van der Waals surface area (Å²) in [5, 5.41) is 145. The van der Waals surface area contributed by atoms with E-state index in [9.17, 15) is 66.4 Å². The molecular formula is C46H31N3O15S. The second kappa shape index (κ2) is 15.3. The molecule has 1 aliphatic rings. The summed E-state index contributed by atoms with van der Waals surface area (Å²) in [4.78, 5) is 23.3. The van der Waals surface area contributed by atoms with E-state index in [4.69, 9.17) is 9.78 Å². The number of hydrogen-bond donors (Lipinski definition) is 13. The molecule has 1 aliphatic heterocycles. The molecule has 0 atom stereocenters. The van der Waals surface area contributed by atoms with Crippen molar-refractivity contribution in [3.05, 3.63) is 102 Å². The molecule has 65 heavy (non-hydrogen) atoms. The lowest BCUT2D eigenvalue weighted by atomic mass is 9.90. The highest BCUT2D eigenvalue weighted by Crippen LogP contribution is 2.67. The molecule has 0 spiro atoms. The van der Waals surface area contributed by atoms with Crippen molar-refractivity contribution in [2.45, 2.75) is 6.54 Å². The molecule has 0 radical (unpaired) electrons. The minimum absolute atomic E-state index is 0.0667. The van der Waals surface area contributed by atoms with Gasteiger partial charge in [0.1, 0.15) is 11.3 Å². The van der Waals surface area contributed by atoms with Gasteiger partial charge in [0, 0.05) is 5.56 Å². The lowest BCUT2D eigenvalue weighted by molar-refractivity contribution is -0.106. The van der Waals surface area contributed by atoms with Gasteiger partial charge < -0.3 is 66.4 Å². The number of phenols is 13. The Bertz CT molecular complexity index is 3360. The molecule has 8 aromatic rings. The van der Waals surface area contributed by atoms with Crippen molar-refractivity contribution < 1.29 is 76.2 Å². The van der Waals surface area contributed by atoms with Crippen molar-refractivity contribution >= 4 is 49.9 Å². The third kappa shape index (κ3) is 6.21. The first kappa shape index (κ1) is 41.1. The maximum absolute atomic E-state index is 12.0. The Kier molecular flexibility index (Phi) is 9.68. The van der Waals surface area contributed by atoms with Crippen molar-refractivity contribution in [1.82, 2.24) is 0 Å². The van der Waals surface area contributed by atoms with Crippen molar-refractivity contribution in [2.24, 2.45) is 15.0 Å². The van der Waals surface area contributed by atoms with E-state index < -0.39 is 131 Å². The van der Waals surface area contributed by atoms with E-state index in [1.54, 1.807) is 54.6 Å². The molecule has 2 heterocycles. The van der Waals surface area contributed by atoms with Gasteiger partial charge in [0.05, 0.1) is 49.0 Å². The van der Waals surface area contributed by atoms with Gasteiger partial charge in [-0.05, 0) is 23.4 Å². The van der Waals surface area contributed by atoms with Crippen molar-refractivity contribution in [1.29, 1.82) is 0 Å². The maximum Gasteiger partial charge on any atom is 0.235 e.